The van der Waals surface area contributed by atoms with E-state index in [4.69, 9.17) is 4.74 Å². The fourth-order valence-electron chi connectivity index (χ4n) is 2.57. The lowest BCUT2D eigenvalue weighted by Crippen LogP contribution is -2.44. The maximum Gasteiger partial charge on any atom is 0.339 e. The van der Waals surface area contributed by atoms with Crippen LogP contribution in [0.15, 0.2) is 48.5 Å². The number of carbonyl (C=O) groups excluding carboxylic acids is 3. The number of nitrogens with zero attached hydrogens (tertiary/aromatic N) is 1. The van der Waals surface area contributed by atoms with Gasteiger partial charge in [-0.05, 0) is 31.5 Å². The van der Waals surface area contributed by atoms with Crippen molar-refractivity contribution in [3.05, 3.63) is 54.1 Å². The van der Waals surface area contributed by atoms with Crippen LogP contribution in [0.1, 0.15) is 30.6 Å². The average Bonchev–Trinajstić information content (AvgIpc) is 3.16. The smallest absolute Gasteiger partial charge is 0.339 e. The van der Waals surface area contributed by atoms with Crippen molar-refractivity contribution in [3.8, 4) is 10.6 Å². The number of fused-ring (bicyclic) bond motifs is 1. The summed E-state index contributed by atoms with van der Waals surface area (Å²) in [5.41, 5.74) is 1.79. The van der Waals surface area contributed by atoms with Crippen molar-refractivity contribution in [1.82, 2.24) is 15.6 Å². The summed E-state index contributed by atoms with van der Waals surface area (Å²) in [5.74, 6) is -1.35. The lowest BCUT2D eigenvalue weighted by molar-refractivity contribution is -0.123. The third kappa shape index (κ3) is 5.17. The van der Waals surface area contributed by atoms with E-state index in [1.807, 2.05) is 44.2 Å². The van der Waals surface area contributed by atoms with E-state index < -0.39 is 24.5 Å². The maximum absolute atomic E-state index is 12.5. The van der Waals surface area contributed by atoms with Crippen LogP contribution in [0.25, 0.3) is 20.8 Å². The monoisotopic (exact) mass is 411 g/mol. The van der Waals surface area contributed by atoms with Crippen molar-refractivity contribution in [2.24, 2.45) is 0 Å². The molecule has 0 radical (unpaired) electrons. The van der Waals surface area contributed by atoms with Crippen LogP contribution in [0, 0.1) is 0 Å². The minimum atomic E-state index is -0.698. The number of hydrogen-bond donors (Lipinski definition) is 2. The molecular weight excluding hydrogens is 390 g/mol. The van der Waals surface area contributed by atoms with Crippen LogP contribution in [-0.2, 0) is 9.53 Å². The Kier molecular flexibility index (Phi) is 6.56. The normalized spacial score (nSPS) is 11.7. The van der Waals surface area contributed by atoms with E-state index in [9.17, 15) is 14.4 Å². The topological polar surface area (TPSA) is 97.4 Å². The van der Waals surface area contributed by atoms with E-state index in [1.165, 1.54) is 11.3 Å². The predicted molar refractivity (Wildman–Crippen MR) is 112 cm³/mol. The Hall–Kier alpha value is -3.26. The molecule has 0 aliphatic rings. The summed E-state index contributed by atoms with van der Waals surface area (Å²) in [5, 5.41) is 5.44. The standard InChI is InChI=1S/C21H21N3O4S/c1-3-13(2)22-21(27)24-18(25)12-28-20(26)15-9-5-4-8-14(15)19-23-16-10-6-7-11-17(16)29-19/h4-11,13H,3,12H2,1-2H3,(H2,22,24,25,27)/t13-/m0/s1. The molecule has 0 fully saturated rings. The number of imide groups is 1. The second-order valence-electron chi connectivity index (χ2n) is 6.44. The van der Waals surface area contributed by atoms with Gasteiger partial charge in [-0.1, -0.05) is 37.3 Å². The van der Waals surface area contributed by atoms with Gasteiger partial charge in [-0.3, -0.25) is 10.1 Å². The highest BCUT2D eigenvalue weighted by molar-refractivity contribution is 7.21. The Labute approximate surface area is 172 Å². The van der Waals surface area contributed by atoms with Gasteiger partial charge in [0, 0.05) is 11.6 Å². The lowest BCUT2D eigenvalue weighted by atomic mass is 10.1. The molecule has 3 amide bonds. The Bertz CT molecular complexity index is 1010. The number of hydrogen-bond acceptors (Lipinski definition) is 6. The van der Waals surface area contributed by atoms with Gasteiger partial charge in [0.1, 0.15) is 5.01 Å². The molecule has 1 heterocycles. The van der Waals surface area contributed by atoms with Crippen molar-refractivity contribution < 1.29 is 19.1 Å². The molecule has 7 nitrogen and oxygen atoms in total. The van der Waals surface area contributed by atoms with Crippen molar-refractivity contribution in [3.63, 3.8) is 0 Å². The van der Waals surface area contributed by atoms with Crippen LogP contribution >= 0.6 is 11.3 Å². The summed E-state index contributed by atoms with van der Waals surface area (Å²) in [6, 6.07) is 14.0. The van der Waals surface area contributed by atoms with Gasteiger partial charge in [-0.15, -0.1) is 11.3 Å². The summed E-state index contributed by atoms with van der Waals surface area (Å²) >= 11 is 1.47. The fourth-order valence-corrected chi connectivity index (χ4v) is 3.57. The first kappa shape index (κ1) is 20.5. The number of rotatable bonds is 6. The molecule has 29 heavy (non-hydrogen) atoms. The van der Waals surface area contributed by atoms with Crippen LogP contribution in [0.2, 0.25) is 0 Å². The molecule has 0 spiro atoms. The van der Waals surface area contributed by atoms with Gasteiger partial charge >= 0.3 is 12.0 Å². The average molecular weight is 411 g/mol. The third-order valence-electron chi connectivity index (χ3n) is 4.25. The number of aromatic nitrogens is 1. The van der Waals surface area contributed by atoms with Gasteiger partial charge in [0.05, 0.1) is 15.8 Å². The molecule has 0 saturated heterocycles. The van der Waals surface area contributed by atoms with E-state index in [2.05, 4.69) is 15.6 Å². The van der Waals surface area contributed by atoms with Gasteiger partial charge in [0.15, 0.2) is 6.61 Å². The SMILES string of the molecule is CC[C@H](C)NC(=O)NC(=O)COC(=O)c1ccccc1-c1nc2ccccc2s1. The summed E-state index contributed by atoms with van der Waals surface area (Å²) in [7, 11) is 0. The van der Waals surface area contributed by atoms with Crippen molar-refractivity contribution >= 4 is 39.5 Å². The Morgan fingerprint density at radius 3 is 2.59 bits per heavy atom. The molecule has 3 aromatic rings. The first-order valence-electron chi connectivity index (χ1n) is 9.20. The van der Waals surface area contributed by atoms with Gasteiger partial charge in [0.2, 0.25) is 0 Å². The minimum Gasteiger partial charge on any atom is -0.452 e. The van der Waals surface area contributed by atoms with Crippen LogP contribution in [0.5, 0.6) is 0 Å². The van der Waals surface area contributed by atoms with Gasteiger partial charge in [-0.2, -0.15) is 0 Å². The zero-order chi connectivity index (χ0) is 20.8. The molecule has 0 bridgehead atoms. The second-order valence-corrected chi connectivity index (χ2v) is 7.47. The molecule has 1 aromatic heterocycles. The largest absolute Gasteiger partial charge is 0.452 e. The van der Waals surface area contributed by atoms with Crippen LogP contribution in [-0.4, -0.2) is 35.5 Å². The molecule has 2 aromatic carbocycles. The second kappa shape index (κ2) is 9.29. The minimum absolute atomic E-state index is 0.0639. The van der Waals surface area contributed by atoms with Crippen LogP contribution < -0.4 is 10.6 Å². The van der Waals surface area contributed by atoms with Crippen molar-refractivity contribution in [1.29, 1.82) is 0 Å². The molecular formula is C21H21N3O4S. The molecule has 0 saturated carbocycles. The Morgan fingerprint density at radius 1 is 1.10 bits per heavy atom. The fraction of sp³-hybridized carbons (Fsp3) is 0.238. The highest BCUT2D eigenvalue weighted by atomic mass is 32.1. The van der Waals surface area contributed by atoms with E-state index in [0.29, 0.717) is 16.1 Å². The zero-order valence-electron chi connectivity index (χ0n) is 16.1. The molecule has 3 rings (SSSR count). The molecule has 8 heteroatoms. The van der Waals surface area contributed by atoms with Gasteiger partial charge < -0.3 is 10.1 Å². The number of benzene rings is 2. The summed E-state index contributed by atoms with van der Waals surface area (Å²) in [6.07, 6.45) is 0.735. The summed E-state index contributed by atoms with van der Waals surface area (Å²) in [6.45, 7) is 3.18. The number of thiazole rings is 1. The number of nitrogens with one attached hydrogen (secondary N) is 2. The first-order chi connectivity index (χ1) is 14.0. The van der Waals surface area contributed by atoms with E-state index in [1.54, 1.807) is 18.2 Å². The number of urea groups is 1. The molecule has 0 aliphatic carbocycles. The Balaban J connectivity index is 1.67. The van der Waals surface area contributed by atoms with E-state index in [-0.39, 0.29) is 6.04 Å². The Morgan fingerprint density at radius 2 is 1.83 bits per heavy atom. The van der Waals surface area contributed by atoms with E-state index in [0.717, 1.165) is 16.6 Å². The van der Waals surface area contributed by atoms with Crippen LogP contribution in [0.3, 0.4) is 0 Å². The third-order valence-corrected chi connectivity index (χ3v) is 5.32. The summed E-state index contributed by atoms with van der Waals surface area (Å²) < 4.78 is 6.12. The van der Waals surface area contributed by atoms with E-state index >= 15 is 0 Å². The molecule has 0 unspecified atom stereocenters. The molecule has 2 N–H and O–H groups in total. The zero-order valence-corrected chi connectivity index (χ0v) is 16.9. The van der Waals surface area contributed by atoms with Crippen LogP contribution in [0.4, 0.5) is 4.79 Å². The van der Waals surface area contributed by atoms with Gasteiger partial charge in [0.25, 0.3) is 5.91 Å². The maximum atomic E-state index is 12.5. The first-order valence-corrected chi connectivity index (χ1v) is 10.0. The number of ether oxygens (including phenoxy) is 1. The number of esters is 1. The molecule has 0 aliphatic heterocycles. The summed E-state index contributed by atoms with van der Waals surface area (Å²) in [4.78, 5) is 40.7. The van der Waals surface area contributed by atoms with Gasteiger partial charge in [-0.25, -0.2) is 14.6 Å². The quantitative estimate of drug-likeness (QED) is 0.602. The predicted octanol–water partition coefficient (Wildman–Crippen LogP) is 3.74. The number of para-hydroxylation sites is 1. The highest BCUT2D eigenvalue weighted by Crippen LogP contribution is 2.32. The lowest BCUT2D eigenvalue weighted by Gasteiger charge is -2.12. The van der Waals surface area contributed by atoms with Crippen molar-refractivity contribution in [2.75, 3.05) is 6.61 Å². The molecule has 1 atom stereocenters. The highest BCUT2D eigenvalue weighted by Gasteiger charge is 2.18. The van der Waals surface area contributed by atoms with Crippen molar-refractivity contribution in [2.45, 2.75) is 26.3 Å². The molecule has 150 valence electrons. The number of carbonyl (C=O) groups is 3. The number of amides is 3.